The zero-order valence-electron chi connectivity index (χ0n) is 80.7. The number of unbranched alkanes of at least 4 members (excludes halogenated alkanes) is 1. The minimum atomic E-state index is -1.92. The molecular formula is C93H143N23O24. The van der Waals surface area contributed by atoms with E-state index in [1.807, 2.05) is 18.2 Å². The Morgan fingerprint density at radius 3 is 1.24 bits per heavy atom. The van der Waals surface area contributed by atoms with E-state index in [1.54, 1.807) is 97.9 Å². The van der Waals surface area contributed by atoms with Gasteiger partial charge in [-0.15, -0.1) is 0 Å². The maximum Gasteiger partial charge on any atom is 0.303 e. The van der Waals surface area contributed by atoms with Crippen molar-refractivity contribution in [1.82, 2.24) is 79.3 Å². The van der Waals surface area contributed by atoms with Crippen molar-refractivity contribution in [3.05, 3.63) is 102 Å². The number of carboxylic acid groups (broad SMARTS) is 2. The van der Waals surface area contributed by atoms with Crippen molar-refractivity contribution in [3.8, 4) is 5.75 Å². The number of aromatic hydroxyl groups is 1. The number of phenols is 1. The molecule has 1 aliphatic rings. The van der Waals surface area contributed by atoms with Crippen molar-refractivity contribution in [2.24, 2.45) is 68.8 Å². The molecule has 3 aromatic rings. The van der Waals surface area contributed by atoms with Gasteiger partial charge in [0.05, 0.1) is 18.7 Å². The van der Waals surface area contributed by atoms with Gasteiger partial charge in [0.2, 0.25) is 106 Å². The molecule has 0 aromatic heterocycles. The highest BCUT2D eigenvalue weighted by molar-refractivity contribution is 6.01. The van der Waals surface area contributed by atoms with Crippen LogP contribution in [0.4, 0.5) is 0 Å². The first-order chi connectivity index (χ1) is 66.0. The van der Waals surface area contributed by atoms with Crippen LogP contribution in [0.3, 0.4) is 0 Å². The number of likely N-dealkylation sites (tertiary alicyclic amines) is 1. The molecule has 47 nitrogen and oxygen atoms in total. The summed E-state index contributed by atoms with van der Waals surface area (Å²) in [6, 6.07) is -0.266. The van der Waals surface area contributed by atoms with Crippen molar-refractivity contribution in [2.75, 3.05) is 26.2 Å². The second-order valence-electron chi connectivity index (χ2n) is 36.0. The Kier molecular flexibility index (Phi) is 51.3. The van der Waals surface area contributed by atoms with E-state index in [-0.39, 0.29) is 82.7 Å². The van der Waals surface area contributed by atoms with Crippen LogP contribution in [0.2, 0.25) is 0 Å². The third-order valence-electron chi connectivity index (χ3n) is 23.0. The number of rotatable bonds is 64. The zero-order chi connectivity index (χ0) is 105. The van der Waals surface area contributed by atoms with E-state index in [0.29, 0.717) is 36.8 Å². The van der Waals surface area contributed by atoms with Gasteiger partial charge in [0.15, 0.2) is 5.96 Å². The Balaban J connectivity index is 1.61. The minimum Gasteiger partial charge on any atom is -0.508 e. The first kappa shape index (κ1) is 118. The Morgan fingerprint density at radius 1 is 0.421 bits per heavy atom. The van der Waals surface area contributed by atoms with E-state index in [1.165, 1.54) is 29.2 Å². The number of hydrogen-bond donors (Lipinski definition) is 25. The van der Waals surface area contributed by atoms with Crippen LogP contribution in [0.5, 0.6) is 5.75 Å². The van der Waals surface area contributed by atoms with E-state index < -0.39 is 303 Å². The molecule has 0 aliphatic carbocycles. The van der Waals surface area contributed by atoms with E-state index >= 15 is 0 Å². The van der Waals surface area contributed by atoms with Crippen molar-refractivity contribution < 1.29 is 116 Å². The van der Waals surface area contributed by atoms with Crippen LogP contribution in [-0.2, 0) is 115 Å². The van der Waals surface area contributed by atoms with Gasteiger partial charge in [-0.25, -0.2) is 0 Å². The molecule has 0 spiro atoms. The number of aliphatic hydroxyl groups excluding tert-OH is 1. The normalized spacial score (nSPS) is 15.7. The number of aliphatic carboxylic acids is 2. The average molecular weight is 1970 g/mol. The van der Waals surface area contributed by atoms with Gasteiger partial charge in [0.1, 0.15) is 90.3 Å². The molecule has 0 bridgehead atoms. The number of phenolic OH excluding ortho intramolecular Hbond substituents is 1. The highest BCUT2D eigenvalue weighted by Gasteiger charge is 2.44. The van der Waals surface area contributed by atoms with Crippen molar-refractivity contribution in [3.63, 3.8) is 0 Å². The number of carboxylic acids is 2. The van der Waals surface area contributed by atoms with Crippen molar-refractivity contribution in [1.29, 1.82) is 0 Å². The fourth-order valence-electron chi connectivity index (χ4n) is 15.1. The summed E-state index contributed by atoms with van der Waals surface area (Å²) in [5.74, 6) is -23.2. The van der Waals surface area contributed by atoms with Gasteiger partial charge in [-0.05, 0) is 156 Å². The van der Waals surface area contributed by atoms with Gasteiger partial charge in [0, 0.05) is 51.6 Å². The summed E-state index contributed by atoms with van der Waals surface area (Å²) in [4.78, 5) is 282. The molecular weight excluding hydrogens is 1820 g/mol. The number of aliphatic imine (C=N–C) groups is 1. The topological polar surface area (TPSA) is 788 Å². The maximum absolute atomic E-state index is 14.8. The van der Waals surface area contributed by atoms with Crippen LogP contribution in [0.1, 0.15) is 195 Å². The monoisotopic (exact) mass is 1970 g/mol. The molecule has 18 amide bonds. The second kappa shape index (κ2) is 60.7. The predicted octanol–water partition coefficient (Wildman–Crippen LogP) is -4.74. The molecule has 0 saturated carbocycles. The molecule has 1 fully saturated rings. The van der Waals surface area contributed by atoms with Crippen LogP contribution in [-0.4, -0.2) is 272 Å². The maximum atomic E-state index is 14.8. The van der Waals surface area contributed by atoms with Crippen LogP contribution in [0.15, 0.2) is 89.9 Å². The molecule has 774 valence electrons. The summed E-state index contributed by atoms with van der Waals surface area (Å²) in [6.45, 7) is 13.8. The lowest BCUT2D eigenvalue weighted by molar-refractivity contribution is -0.143. The fourth-order valence-corrected chi connectivity index (χ4v) is 15.1. The summed E-state index contributed by atoms with van der Waals surface area (Å²) in [5, 5.41) is 76.2. The molecule has 17 atom stereocenters. The van der Waals surface area contributed by atoms with E-state index in [2.05, 4.69) is 79.4 Å². The van der Waals surface area contributed by atoms with Gasteiger partial charge in [0.25, 0.3) is 0 Å². The first-order valence-electron chi connectivity index (χ1n) is 46.9. The molecule has 1 aliphatic heterocycles. The Labute approximate surface area is 812 Å². The number of aliphatic hydroxyl groups is 1. The van der Waals surface area contributed by atoms with Gasteiger partial charge in [-0.2, -0.15) is 0 Å². The molecule has 47 heteroatoms. The molecule has 140 heavy (non-hydrogen) atoms. The highest BCUT2D eigenvalue weighted by Crippen LogP contribution is 2.24. The average Bonchev–Trinajstić information content (AvgIpc) is 1.64. The summed E-state index contributed by atoms with van der Waals surface area (Å²) >= 11 is 0. The van der Waals surface area contributed by atoms with Crippen LogP contribution >= 0.6 is 0 Å². The molecule has 32 N–H and O–H groups in total. The third-order valence-corrected chi connectivity index (χ3v) is 23.0. The Bertz CT molecular complexity index is 4720. The van der Waals surface area contributed by atoms with Gasteiger partial charge < -0.3 is 140 Å². The number of carbonyl (C=O) groups is 20. The van der Waals surface area contributed by atoms with Gasteiger partial charge in [-0.1, -0.05) is 135 Å². The smallest absolute Gasteiger partial charge is 0.303 e. The number of nitrogens with zero attached hydrogens (tertiary/aromatic N) is 2. The summed E-state index contributed by atoms with van der Waals surface area (Å²) in [7, 11) is 0. The van der Waals surface area contributed by atoms with Crippen LogP contribution in [0, 0.1) is 23.7 Å². The van der Waals surface area contributed by atoms with Crippen LogP contribution < -0.4 is 115 Å². The fraction of sp³-hybridized carbons (Fsp3) is 0.581. The van der Waals surface area contributed by atoms with E-state index in [0.717, 1.165) is 12.5 Å². The number of primary amides is 3. The summed E-state index contributed by atoms with van der Waals surface area (Å²) in [5.41, 5.74) is 41.2. The lowest BCUT2D eigenvalue weighted by Crippen LogP contribution is -2.62. The molecule has 3 aromatic carbocycles. The highest BCUT2D eigenvalue weighted by atomic mass is 16.4. The standard InChI is InChI=1S/C93H143N23O24/c1-10-52(8)76(114-89(137)69-27-20-42-116(69)92(140)75(51(6)7)113-79(127)58(95)45-54-21-13-11-14-22-54)90(138)112-68(46-55-23-15-12-16-24-55)88(136)115-77(53(9)117)91(139)111-67(47-56-28-30-57(118)31-29-56)80(128)102-48-72(121)103-61(34-38-73(122)123)82(130)110-66(44-50(4)5)87(135)107-62(32-36-70(96)119)84(132)105-60(26-19-41-101-93(99)100)81(129)109-65(43-49(2)3)86(134)108-63(33-37-71(97)120)85(133)106-64(35-39-74(124)125)83(131)104-59(78(98)126)25-17-18-40-94/h11-16,21-24,28-31,49-53,58-69,75-77,117-118H,10,17-20,25-27,32-48,94-95H2,1-9H3,(H2,96,119)(H2,97,120)(H2,98,126)(H,102,128)(H,103,121)(H,104,131)(H,105,132)(H,106,133)(H,107,135)(H,108,134)(H,109,129)(H,110,130)(H,111,139)(H,112,138)(H,113,127)(H,114,137)(H,115,136)(H,122,123)(H,124,125)(H4,99,100,101)/t52-,53+,58-,59-,60-,61-,62-,63-,64-,65-,66-,67-,68-,69-,75-,76-,77-/m0/s1. The number of benzene rings is 3. The number of hydrogen-bond acceptors (Lipinski definition) is 25. The molecule has 1 saturated heterocycles. The summed E-state index contributed by atoms with van der Waals surface area (Å²) in [6.07, 6.45) is -6.24. The number of carbonyl (C=O) groups excluding carboxylic acids is 18. The molecule has 4 rings (SSSR count). The predicted molar refractivity (Wildman–Crippen MR) is 510 cm³/mol. The summed E-state index contributed by atoms with van der Waals surface area (Å²) < 4.78 is 0. The minimum absolute atomic E-state index is 0.0292. The van der Waals surface area contributed by atoms with Gasteiger partial charge in [-0.3, -0.25) is 101 Å². The molecule has 0 radical (unpaired) electrons. The van der Waals surface area contributed by atoms with Gasteiger partial charge >= 0.3 is 11.9 Å². The third kappa shape index (κ3) is 43.0. The lowest BCUT2D eigenvalue weighted by Gasteiger charge is -2.33. The number of amides is 18. The van der Waals surface area contributed by atoms with E-state index in [4.69, 9.17) is 40.1 Å². The second-order valence-corrected chi connectivity index (χ2v) is 36.0. The Morgan fingerprint density at radius 2 is 0.814 bits per heavy atom. The molecule has 0 unspecified atom stereocenters. The Hall–Kier alpha value is -14.0. The molecule has 1 heterocycles. The van der Waals surface area contributed by atoms with Crippen molar-refractivity contribution in [2.45, 2.75) is 294 Å². The lowest BCUT2D eigenvalue weighted by atomic mass is 9.96. The zero-order valence-corrected chi connectivity index (χ0v) is 80.7. The quantitative estimate of drug-likeness (QED) is 0.0143. The number of nitrogens with one attached hydrogen (secondary N) is 14. The SMILES string of the molecule is CC[C@H](C)[C@H](NC(=O)[C@@H]1CCCN1C(=O)[C@@H](NC(=O)[C@@H](N)Cc1ccccc1)C(C)C)C(=O)N[C@@H](Cc1ccccc1)C(=O)N[C@H](C(=O)N[C@@H](Cc1ccc(O)cc1)C(=O)NCC(=O)N[C@@H](CCC(=O)O)C(=O)N[C@@H](CC(C)C)C(=O)N[C@@H](CCC(N)=O)C(=O)N[C@@H](CCCN=C(N)N)C(=O)N[C@@H](CC(C)C)C(=O)N[C@@H](CCC(N)=O)C(=O)N[C@@H](CCC(=O)O)C(=O)N[C@@H](CCCCN)C(N)=O)[C@@H](C)O. The number of nitrogens with two attached hydrogens (primary N) is 7. The van der Waals surface area contributed by atoms with Crippen LogP contribution in [0.25, 0.3) is 0 Å². The van der Waals surface area contributed by atoms with Crippen molar-refractivity contribution >= 4 is 124 Å². The number of guanidine groups is 1. The first-order valence-corrected chi connectivity index (χ1v) is 46.9. The van der Waals surface area contributed by atoms with E-state index in [9.17, 15) is 116 Å². The largest absolute Gasteiger partial charge is 0.508 e.